The number of fused-ring (bicyclic) bond motifs is 1. The van der Waals surface area contributed by atoms with E-state index in [4.69, 9.17) is 0 Å². The summed E-state index contributed by atoms with van der Waals surface area (Å²) in [4.78, 5) is 29.6. The average Bonchev–Trinajstić information content (AvgIpc) is 3.44. The van der Waals surface area contributed by atoms with Gasteiger partial charge in [0.2, 0.25) is 5.88 Å². The molecule has 156 valence electrons. The van der Waals surface area contributed by atoms with Gasteiger partial charge in [-0.15, -0.1) is 11.3 Å². The number of amides is 1. The van der Waals surface area contributed by atoms with Crippen molar-refractivity contribution in [1.82, 2.24) is 14.7 Å². The molecule has 0 spiro atoms. The molecule has 8 heteroatoms. The van der Waals surface area contributed by atoms with Gasteiger partial charge in [-0.3, -0.25) is 9.20 Å². The fourth-order valence-corrected chi connectivity index (χ4v) is 3.76. The quantitative estimate of drug-likeness (QED) is 0.356. The number of nitrogens with zero attached hydrogens (tertiary/aromatic N) is 2. The Morgan fingerprint density at radius 3 is 2.71 bits per heavy atom. The second kappa shape index (κ2) is 8.85. The van der Waals surface area contributed by atoms with Crippen molar-refractivity contribution in [3.8, 4) is 17.0 Å². The number of pyridine rings is 1. The Bertz CT molecular complexity index is 1260. The number of esters is 1. The molecular weight excluding hydrogens is 414 g/mol. The Hall–Kier alpha value is -3.91. The van der Waals surface area contributed by atoms with Crippen molar-refractivity contribution in [2.24, 2.45) is 0 Å². The van der Waals surface area contributed by atoms with Gasteiger partial charge < -0.3 is 15.2 Å². The minimum atomic E-state index is -0.520. The molecule has 3 aromatic heterocycles. The zero-order valence-electron chi connectivity index (χ0n) is 16.6. The Labute approximate surface area is 182 Å². The average molecular weight is 433 g/mol. The van der Waals surface area contributed by atoms with Crippen LogP contribution in [0.2, 0.25) is 0 Å². The molecule has 2 N–H and O–H groups in total. The van der Waals surface area contributed by atoms with Crippen LogP contribution in [0.1, 0.15) is 20.9 Å². The molecule has 0 atom stereocenters. The Morgan fingerprint density at radius 2 is 2.00 bits per heavy atom. The van der Waals surface area contributed by atoms with Crippen molar-refractivity contribution >= 4 is 34.9 Å². The number of carbonyl (C=O) groups excluding carboxylic acids is 2. The summed E-state index contributed by atoms with van der Waals surface area (Å²) in [5.41, 5.74) is 2.51. The number of hydrogen-bond acceptors (Lipinski definition) is 6. The van der Waals surface area contributed by atoms with E-state index in [-0.39, 0.29) is 11.6 Å². The molecule has 1 amide bonds. The first-order chi connectivity index (χ1) is 15.1. The Balaban J connectivity index is 1.77. The number of hydrogen-bond donors (Lipinski definition) is 2. The van der Waals surface area contributed by atoms with Gasteiger partial charge in [-0.2, -0.15) is 0 Å². The Kier molecular flexibility index (Phi) is 5.81. The van der Waals surface area contributed by atoms with Crippen LogP contribution in [0.15, 0.2) is 66.2 Å². The molecule has 1 aromatic carbocycles. The number of nitrogens with one attached hydrogen (secondary N) is 1. The van der Waals surface area contributed by atoms with Crippen molar-refractivity contribution in [2.45, 2.75) is 6.54 Å². The fourth-order valence-electron chi connectivity index (χ4n) is 3.11. The first kappa shape index (κ1) is 20.4. The highest BCUT2D eigenvalue weighted by Gasteiger charge is 2.21. The van der Waals surface area contributed by atoms with Gasteiger partial charge in [0.15, 0.2) is 5.69 Å². The van der Waals surface area contributed by atoms with E-state index in [1.807, 2.05) is 53.9 Å². The van der Waals surface area contributed by atoms with Crippen LogP contribution in [-0.2, 0) is 16.1 Å². The van der Waals surface area contributed by atoms with Crippen LogP contribution in [0.25, 0.3) is 22.9 Å². The standard InChI is InChI=1S/C23H19N3O4S/c1-30-19(27)10-9-16-12-17(15-6-3-2-4-7-15)14-26-21(16)25-20(23(26)29)22(28)24-13-18-8-5-11-31-18/h2-12,14,29H,13H2,1H3,(H,24,28)/b10-9+. The molecule has 4 aromatic rings. The Morgan fingerprint density at radius 1 is 1.19 bits per heavy atom. The van der Waals surface area contributed by atoms with E-state index in [9.17, 15) is 14.7 Å². The zero-order chi connectivity index (χ0) is 21.8. The predicted molar refractivity (Wildman–Crippen MR) is 119 cm³/mol. The van der Waals surface area contributed by atoms with Crippen LogP contribution in [0.3, 0.4) is 0 Å². The van der Waals surface area contributed by atoms with E-state index in [0.29, 0.717) is 17.8 Å². The molecule has 0 unspecified atom stereocenters. The minimum Gasteiger partial charge on any atom is -0.492 e. The number of aromatic nitrogens is 2. The fraction of sp³-hybridized carbons (Fsp3) is 0.0870. The predicted octanol–water partition coefficient (Wildman–Crippen LogP) is 3.88. The number of rotatable bonds is 6. The molecule has 31 heavy (non-hydrogen) atoms. The van der Waals surface area contributed by atoms with Gasteiger partial charge in [0.1, 0.15) is 5.65 Å². The third-order valence-electron chi connectivity index (χ3n) is 4.65. The van der Waals surface area contributed by atoms with Crippen molar-refractivity contribution in [2.75, 3.05) is 7.11 Å². The number of carbonyl (C=O) groups is 2. The number of methoxy groups -OCH3 is 1. The summed E-state index contributed by atoms with van der Waals surface area (Å²) in [6, 6.07) is 15.2. The van der Waals surface area contributed by atoms with Gasteiger partial charge in [0.05, 0.1) is 13.7 Å². The maximum atomic E-state index is 12.7. The van der Waals surface area contributed by atoms with Gasteiger partial charge in [-0.25, -0.2) is 9.78 Å². The molecular formula is C23H19N3O4S. The number of aromatic hydroxyl groups is 1. The lowest BCUT2D eigenvalue weighted by Crippen LogP contribution is -2.22. The summed E-state index contributed by atoms with van der Waals surface area (Å²) < 4.78 is 6.11. The van der Waals surface area contributed by atoms with Gasteiger partial charge in [0, 0.05) is 22.7 Å². The molecule has 0 radical (unpaired) electrons. The maximum absolute atomic E-state index is 12.7. The highest BCUT2D eigenvalue weighted by atomic mass is 32.1. The van der Waals surface area contributed by atoms with Crippen LogP contribution in [0, 0.1) is 0 Å². The molecule has 0 aliphatic rings. The number of imidazole rings is 1. The van der Waals surface area contributed by atoms with Gasteiger partial charge in [0.25, 0.3) is 5.91 Å². The molecule has 4 rings (SSSR count). The summed E-state index contributed by atoms with van der Waals surface area (Å²) in [5, 5.41) is 15.5. The van der Waals surface area contributed by atoms with Gasteiger partial charge >= 0.3 is 5.97 Å². The lowest BCUT2D eigenvalue weighted by atomic mass is 10.1. The van der Waals surface area contributed by atoms with Crippen LogP contribution in [0.5, 0.6) is 5.88 Å². The molecule has 0 aliphatic carbocycles. The molecule has 0 saturated carbocycles. The largest absolute Gasteiger partial charge is 0.492 e. The van der Waals surface area contributed by atoms with Crippen molar-refractivity contribution in [3.63, 3.8) is 0 Å². The zero-order valence-corrected chi connectivity index (χ0v) is 17.4. The van der Waals surface area contributed by atoms with Crippen molar-refractivity contribution in [3.05, 3.63) is 82.3 Å². The molecule has 3 heterocycles. The first-order valence-electron chi connectivity index (χ1n) is 9.44. The summed E-state index contributed by atoms with van der Waals surface area (Å²) >= 11 is 1.53. The summed E-state index contributed by atoms with van der Waals surface area (Å²) in [7, 11) is 1.29. The summed E-state index contributed by atoms with van der Waals surface area (Å²) in [6.45, 7) is 0.341. The highest BCUT2D eigenvalue weighted by Crippen LogP contribution is 2.28. The van der Waals surface area contributed by atoms with Crippen LogP contribution >= 0.6 is 11.3 Å². The van der Waals surface area contributed by atoms with Crippen LogP contribution in [-0.4, -0.2) is 33.5 Å². The second-order valence-electron chi connectivity index (χ2n) is 6.65. The SMILES string of the molecule is COC(=O)/C=C/c1cc(-c2ccccc2)cn2c(O)c(C(=O)NCc3cccs3)nc12. The van der Waals surface area contributed by atoms with Gasteiger partial charge in [-0.1, -0.05) is 36.4 Å². The van der Waals surface area contributed by atoms with Crippen LogP contribution < -0.4 is 5.32 Å². The van der Waals surface area contributed by atoms with E-state index in [1.54, 1.807) is 12.3 Å². The number of thiophene rings is 1. The minimum absolute atomic E-state index is 0.0884. The molecule has 0 bridgehead atoms. The van der Waals surface area contributed by atoms with Crippen LogP contribution in [0.4, 0.5) is 0 Å². The topological polar surface area (TPSA) is 92.9 Å². The highest BCUT2D eigenvalue weighted by molar-refractivity contribution is 7.09. The first-order valence-corrected chi connectivity index (χ1v) is 10.3. The van der Waals surface area contributed by atoms with Crippen molar-refractivity contribution < 1.29 is 19.4 Å². The van der Waals surface area contributed by atoms with E-state index in [1.165, 1.54) is 28.9 Å². The number of benzene rings is 1. The monoisotopic (exact) mass is 433 g/mol. The molecule has 0 saturated heterocycles. The molecule has 0 aliphatic heterocycles. The molecule has 0 fully saturated rings. The lowest BCUT2D eigenvalue weighted by molar-refractivity contribution is -0.134. The third kappa shape index (κ3) is 4.34. The van der Waals surface area contributed by atoms with E-state index < -0.39 is 11.9 Å². The normalized spacial score (nSPS) is 11.1. The molecule has 7 nitrogen and oxygen atoms in total. The van der Waals surface area contributed by atoms with Gasteiger partial charge in [-0.05, 0) is 34.7 Å². The summed E-state index contributed by atoms with van der Waals surface area (Å²) in [5.74, 6) is -1.28. The third-order valence-corrected chi connectivity index (χ3v) is 5.53. The lowest BCUT2D eigenvalue weighted by Gasteiger charge is -2.06. The smallest absolute Gasteiger partial charge is 0.330 e. The second-order valence-corrected chi connectivity index (χ2v) is 7.68. The van der Waals surface area contributed by atoms with E-state index in [2.05, 4.69) is 15.0 Å². The van der Waals surface area contributed by atoms with Crippen molar-refractivity contribution in [1.29, 1.82) is 0 Å². The van der Waals surface area contributed by atoms with E-state index >= 15 is 0 Å². The van der Waals surface area contributed by atoms with E-state index in [0.717, 1.165) is 16.0 Å². The maximum Gasteiger partial charge on any atom is 0.330 e. The number of ether oxygens (including phenoxy) is 1. The summed E-state index contributed by atoms with van der Waals surface area (Å²) in [6.07, 6.45) is 4.53.